The van der Waals surface area contributed by atoms with Crippen molar-refractivity contribution in [2.75, 3.05) is 24.5 Å². The molecule has 0 aliphatic rings. The maximum Gasteiger partial charge on any atom is 0.259 e. The monoisotopic (exact) mass is 371 g/mol. The number of aliphatic hydroxyl groups is 1. The van der Waals surface area contributed by atoms with Crippen molar-refractivity contribution in [3.63, 3.8) is 0 Å². The predicted octanol–water partition coefficient (Wildman–Crippen LogP) is 3.22. The number of carbonyl (C=O) groups excluding carboxylic acids is 1. The Morgan fingerprint density at radius 1 is 1.31 bits per heavy atom. The van der Waals surface area contributed by atoms with Crippen molar-refractivity contribution in [1.82, 2.24) is 5.32 Å². The van der Waals surface area contributed by atoms with Crippen LogP contribution in [0.15, 0.2) is 48.5 Å². The van der Waals surface area contributed by atoms with Crippen LogP contribution in [-0.4, -0.2) is 36.8 Å². The van der Waals surface area contributed by atoms with Gasteiger partial charge in [0.1, 0.15) is 0 Å². The summed E-state index contributed by atoms with van der Waals surface area (Å²) in [6.07, 6.45) is 0.261. The van der Waals surface area contributed by atoms with Gasteiger partial charge in [0.05, 0.1) is 23.3 Å². The number of rotatable bonds is 8. The van der Waals surface area contributed by atoms with Crippen molar-refractivity contribution in [1.29, 1.82) is 5.26 Å². The van der Waals surface area contributed by atoms with E-state index >= 15 is 0 Å². The first-order valence-electron chi connectivity index (χ1n) is 8.52. The van der Waals surface area contributed by atoms with Crippen LogP contribution in [0.4, 0.5) is 5.69 Å². The number of benzene rings is 2. The highest BCUT2D eigenvalue weighted by Crippen LogP contribution is 2.21. The molecule has 6 heteroatoms. The van der Waals surface area contributed by atoms with E-state index in [-0.39, 0.29) is 17.0 Å². The molecule has 26 heavy (non-hydrogen) atoms. The molecule has 0 aromatic heterocycles. The molecule has 0 bridgehead atoms. The molecule has 2 rings (SSSR count). The minimum Gasteiger partial charge on any atom is -0.392 e. The molecule has 2 aromatic rings. The Morgan fingerprint density at radius 2 is 2.04 bits per heavy atom. The lowest BCUT2D eigenvalue weighted by molar-refractivity contribution is 0.0986. The number of nitrogens with one attached hydrogen (secondary N) is 1. The van der Waals surface area contributed by atoms with Gasteiger partial charge in [-0.3, -0.25) is 4.79 Å². The van der Waals surface area contributed by atoms with Crippen LogP contribution in [0.1, 0.15) is 29.3 Å². The third-order valence-electron chi connectivity index (χ3n) is 4.01. The van der Waals surface area contributed by atoms with Crippen molar-refractivity contribution in [2.24, 2.45) is 0 Å². The Kier molecular flexibility index (Phi) is 7.61. The first kappa shape index (κ1) is 19.9. The summed E-state index contributed by atoms with van der Waals surface area (Å²) in [6, 6.07) is 16.0. The van der Waals surface area contributed by atoms with E-state index in [9.17, 15) is 15.2 Å². The van der Waals surface area contributed by atoms with Gasteiger partial charge in [0.25, 0.3) is 5.91 Å². The van der Waals surface area contributed by atoms with Gasteiger partial charge >= 0.3 is 0 Å². The molecule has 1 amide bonds. The summed E-state index contributed by atoms with van der Waals surface area (Å²) >= 11 is 6.03. The minimum atomic E-state index is -0.408. The molecule has 0 radical (unpaired) electrons. The van der Waals surface area contributed by atoms with Crippen LogP contribution in [0.5, 0.6) is 0 Å². The fraction of sp³-hybridized carbons (Fsp3) is 0.300. The second-order valence-electron chi connectivity index (χ2n) is 5.86. The van der Waals surface area contributed by atoms with E-state index in [1.54, 1.807) is 17.0 Å². The number of amides is 1. The SMILES string of the molecule is CC[C@H](O)CNCCN(C(=O)c1cc(Cl)ccc1C#N)c1ccccc1. The molecule has 136 valence electrons. The summed E-state index contributed by atoms with van der Waals surface area (Å²) in [6.45, 7) is 3.29. The van der Waals surface area contributed by atoms with Gasteiger partial charge in [-0.1, -0.05) is 36.7 Å². The van der Waals surface area contributed by atoms with Crippen LogP contribution >= 0.6 is 11.6 Å². The average Bonchev–Trinajstić information content (AvgIpc) is 2.68. The van der Waals surface area contributed by atoms with Gasteiger partial charge in [-0.15, -0.1) is 0 Å². The smallest absolute Gasteiger partial charge is 0.259 e. The number of carbonyl (C=O) groups is 1. The molecule has 1 atom stereocenters. The fourth-order valence-corrected chi connectivity index (χ4v) is 2.67. The molecular weight excluding hydrogens is 350 g/mol. The number of halogens is 1. The van der Waals surface area contributed by atoms with Crippen LogP contribution in [-0.2, 0) is 0 Å². The highest BCUT2D eigenvalue weighted by Gasteiger charge is 2.20. The van der Waals surface area contributed by atoms with Crippen LogP contribution in [0.2, 0.25) is 5.02 Å². The maximum atomic E-state index is 13.1. The highest BCUT2D eigenvalue weighted by molar-refractivity contribution is 6.31. The van der Waals surface area contributed by atoms with Gasteiger partial charge in [-0.05, 0) is 36.8 Å². The van der Waals surface area contributed by atoms with Gasteiger partial charge in [0.2, 0.25) is 0 Å². The van der Waals surface area contributed by atoms with E-state index in [1.165, 1.54) is 6.07 Å². The summed E-state index contributed by atoms with van der Waals surface area (Å²) in [5, 5.41) is 22.5. The Balaban J connectivity index is 2.23. The molecule has 0 fully saturated rings. The molecule has 0 aliphatic carbocycles. The number of para-hydroxylation sites is 1. The summed E-state index contributed by atoms with van der Waals surface area (Å²) < 4.78 is 0. The molecule has 0 aliphatic heterocycles. The van der Waals surface area contributed by atoms with Gasteiger partial charge in [-0.25, -0.2) is 0 Å². The zero-order chi connectivity index (χ0) is 18.9. The van der Waals surface area contributed by atoms with Gasteiger partial charge in [0.15, 0.2) is 0 Å². The summed E-state index contributed by atoms with van der Waals surface area (Å²) in [5.41, 5.74) is 1.30. The second kappa shape index (κ2) is 9.93. The molecule has 0 spiro atoms. The number of hydrogen-bond donors (Lipinski definition) is 2. The van der Waals surface area contributed by atoms with Crippen molar-refractivity contribution < 1.29 is 9.90 Å². The Morgan fingerprint density at radius 3 is 2.69 bits per heavy atom. The van der Waals surface area contributed by atoms with Crippen molar-refractivity contribution in [3.8, 4) is 6.07 Å². The summed E-state index contributed by atoms with van der Waals surface area (Å²) in [5.74, 6) is -0.284. The lowest BCUT2D eigenvalue weighted by atomic mass is 10.1. The largest absolute Gasteiger partial charge is 0.392 e. The first-order valence-corrected chi connectivity index (χ1v) is 8.90. The molecule has 0 saturated heterocycles. The molecule has 0 heterocycles. The molecule has 0 unspecified atom stereocenters. The predicted molar refractivity (Wildman–Crippen MR) is 103 cm³/mol. The standard InChI is InChI=1S/C20H22ClN3O2/c1-2-18(25)14-23-10-11-24(17-6-4-3-5-7-17)20(26)19-12-16(21)9-8-15(19)13-22/h3-9,12,18,23,25H,2,10-11,14H2,1H3/t18-/m0/s1. The van der Waals surface area contributed by atoms with Crippen LogP contribution in [0.3, 0.4) is 0 Å². The van der Waals surface area contributed by atoms with Crippen LogP contribution in [0, 0.1) is 11.3 Å². The normalized spacial score (nSPS) is 11.6. The van der Waals surface area contributed by atoms with Crippen LogP contribution < -0.4 is 10.2 Å². The summed E-state index contributed by atoms with van der Waals surface area (Å²) in [7, 11) is 0. The quantitative estimate of drug-likeness (QED) is 0.698. The Hall–Kier alpha value is -2.39. The molecule has 2 aromatic carbocycles. The Bertz CT molecular complexity index is 774. The summed E-state index contributed by atoms with van der Waals surface area (Å²) in [4.78, 5) is 14.7. The lowest BCUT2D eigenvalue weighted by Crippen LogP contribution is -2.39. The third kappa shape index (κ3) is 5.30. The lowest BCUT2D eigenvalue weighted by Gasteiger charge is -2.24. The zero-order valence-corrected chi connectivity index (χ0v) is 15.4. The second-order valence-corrected chi connectivity index (χ2v) is 6.30. The minimum absolute atomic E-state index is 0.275. The number of aliphatic hydroxyl groups excluding tert-OH is 1. The Labute approximate surface area is 158 Å². The van der Waals surface area contributed by atoms with Gasteiger partial charge in [0, 0.05) is 30.3 Å². The highest BCUT2D eigenvalue weighted by atomic mass is 35.5. The van der Waals surface area contributed by atoms with E-state index in [0.29, 0.717) is 31.1 Å². The van der Waals surface area contributed by atoms with Crippen molar-refractivity contribution >= 4 is 23.2 Å². The zero-order valence-electron chi connectivity index (χ0n) is 14.7. The molecule has 5 nitrogen and oxygen atoms in total. The number of anilines is 1. The van der Waals surface area contributed by atoms with E-state index in [2.05, 4.69) is 5.32 Å². The van der Waals surface area contributed by atoms with Crippen LogP contribution in [0.25, 0.3) is 0 Å². The number of nitrogens with zero attached hydrogens (tertiary/aromatic N) is 2. The molecule has 2 N–H and O–H groups in total. The first-order chi connectivity index (χ1) is 12.6. The van der Waals surface area contributed by atoms with Crippen molar-refractivity contribution in [3.05, 3.63) is 64.7 Å². The number of nitriles is 1. The van der Waals surface area contributed by atoms with Crippen molar-refractivity contribution in [2.45, 2.75) is 19.4 Å². The van der Waals surface area contributed by atoms with E-state index in [4.69, 9.17) is 11.6 Å². The maximum absolute atomic E-state index is 13.1. The molecule has 0 saturated carbocycles. The van der Waals surface area contributed by atoms with E-state index in [0.717, 1.165) is 5.69 Å². The molecular formula is C20H22ClN3O2. The third-order valence-corrected chi connectivity index (χ3v) is 4.24. The number of hydrogen-bond acceptors (Lipinski definition) is 4. The van der Waals surface area contributed by atoms with Gasteiger partial charge in [-0.2, -0.15) is 5.26 Å². The van der Waals surface area contributed by atoms with E-state index < -0.39 is 6.10 Å². The fourth-order valence-electron chi connectivity index (χ4n) is 2.50. The average molecular weight is 372 g/mol. The van der Waals surface area contributed by atoms with Gasteiger partial charge < -0.3 is 15.3 Å². The van der Waals surface area contributed by atoms with E-state index in [1.807, 2.05) is 43.3 Å². The topological polar surface area (TPSA) is 76.4 Å².